The van der Waals surface area contributed by atoms with Gasteiger partial charge in [0, 0.05) is 24.5 Å². The number of benzene rings is 1. The minimum Gasteiger partial charge on any atom is -0.445 e. The van der Waals surface area contributed by atoms with Crippen LogP contribution >= 0.6 is 0 Å². The molecule has 148 valence electrons. The zero-order valence-electron chi connectivity index (χ0n) is 15.7. The topological polar surface area (TPSA) is 158 Å². The minimum absolute atomic E-state index is 0.116. The average Bonchev–Trinajstić information content (AvgIpc) is 3.05. The summed E-state index contributed by atoms with van der Waals surface area (Å²) in [6.07, 6.45) is 3.08. The molecule has 1 fully saturated rings. The van der Waals surface area contributed by atoms with E-state index < -0.39 is 11.3 Å². The van der Waals surface area contributed by atoms with Crippen molar-refractivity contribution in [2.24, 2.45) is 11.1 Å². The van der Waals surface area contributed by atoms with Crippen molar-refractivity contribution in [1.82, 2.24) is 9.97 Å². The van der Waals surface area contributed by atoms with Crippen molar-refractivity contribution < 1.29 is 14.3 Å². The fourth-order valence-corrected chi connectivity index (χ4v) is 3.15. The summed E-state index contributed by atoms with van der Waals surface area (Å²) in [5.74, 6) is -0.225. The third-order valence-corrected chi connectivity index (χ3v) is 4.84. The van der Waals surface area contributed by atoms with Gasteiger partial charge in [0.1, 0.15) is 17.0 Å². The summed E-state index contributed by atoms with van der Waals surface area (Å²) in [6.45, 7) is 2.22. The van der Waals surface area contributed by atoms with Crippen LogP contribution < -0.4 is 20.7 Å². The second kappa shape index (κ2) is 7.93. The molecule has 1 saturated heterocycles. The van der Waals surface area contributed by atoms with E-state index >= 15 is 0 Å². The number of nitrogens with two attached hydrogens (primary N) is 1. The number of nitriles is 1. The number of amides is 2. The molecule has 1 aromatic heterocycles. The van der Waals surface area contributed by atoms with E-state index in [2.05, 4.69) is 21.4 Å². The number of hydrogen-bond donors (Lipinski definition) is 3. The lowest BCUT2D eigenvalue weighted by Crippen LogP contribution is -2.33. The maximum absolute atomic E-state index is 12.7. The van der Waals surface area contributed by atoms with Crippen LogP contribution in [0.1, 0.15) is 30.1 Å². The maximum Gasteiger partial charge on any atom is 0.252 e. The summed E-state index contributed by atoms with van der Waals surface area (Å²) in [6, 6.07) is 8.28. The highest BCUT2D eigenvalue weighted by Gasteiger charge is 2.46. The largest absolute Gasteiger partial charge is 0.445 e. The van der Waals surface area contributed by atoms with Crippen molar-refractivity contribution >= 4 is 35.7 Å². The SMILES string of the molecule is CC[C@]1(C#N)CCN(c2ccnc(Nc3ccc(C(N)=O)c(OC=N)c3)n2)C1=O. The van der Waals surface area contributed by atoms with Gasteiger partial charge in [-0.15, -0.1) is 0 Å². The second-order valence-electron chi connectivity index (χ2n) is 6.43. The van der Waals surface area contributed by atoms with E-state index in [0.29, 0.717) is 37.3 Å². The molecule has 0 spiro atoms. The molecule has 0 bridgehead atoms. The zero-order chi connectivity index (χ0) is 21.0. The molecular weight excluding hydrogens is 374 g/mol. The van der Waals surface area contributed by atoms with Gasteiger partial charge in [0.05, 0.1) is 11.6 Å². The van der Waals surface area contributed by atoms with Crippen LogP contribution in [0.2, 0.25) is 0 Å². The molecule has 1 aromatic carbocycles. The number of ether oxygens (including phenoxy) is 1. The van der Waals surface area contributed by atoms with Gasteiger partial charge in [-0.3, -0.25) is 19.9 Å². The second-order valence-corrected chi connectivity index (χ2v) is 6.43. The average molecular weight is 393 g/mol. The highest BCUT2D eigenvalue weighted by atomic mass is 16.5. The fourth-order valence-electron chi connectivity index (χ4n) is 3.15. The maximum atomic E-state index is 12.7. The van der Waals surface area contributed by atoms with Crippen molar-refractivity contribution in [3.05, 3.63) is 36.0 Å². The third-order valence-electron chi connectivity index (χ3n) is 4.84. The van der Waals surface area contributed by atoms with E-state index in [0.717, 1.165) is 0 Å². The van der Waals surface area contributed by atoms with Gasteiger partial charge in [0.2, 0.25) is 11.9 Å². The Balaban J connectivity index is 1.85. The molecular formula is C19H19N7O3. The van der Waals surface area contributed by atoms with E-state index in [9.17, 15) is 14.9 Å². The van der Waals surface area contributed by atoms with Crippen molar-refractivity contribution in [2.75, 3.05) is 16.8 Å². The molecule has 2 amide bonds. The summed E-state index contributed by atoms with van der Waals surface area (Å²) in [4.78, 5) is 34.2. The lowest BCUT2D eigenvalue weighted by atomic mass is 9.85. The smallest absolute Gasteiger partial charge is 0.252 e. The molecule has 10 heteroatoms. The molecule has 0 saturated carbocycles. The quantitative estimate of drug-likeness (QED) is 0.479. The van der Waals surface area contributed by atoms with Gasteiger partial charge < -0.3 is 15.8 Å². The normalized spacial score (nSPS) is 18.2. The Hall–Kier alpha value is -4.00. The van der Waals surface area contributed by atoms with Crippen molar-refractivity contribution in [1.29, 1.82) is 10.7 Å². The monoisotopic (exact) mass is 393 g/mol. The molecule has 10 nitrogen and oxygen atoms in total. The predicted molar refractivity (Wildman–Crippen MR) is 105 cm³/mol. The molecule has 1 aliphatic rings. The number of carbonyl (C=O) groups excluding carboxylic acids is 2. The van der Waals surface area contributed by atoms with Gasteiger partial charge in [-0.05, 0) is 31.0 Å². The van der Waals surface area contributed by atoms with E-state index in [1.807, 2.05) is 6.92 Å². The molecule has 4 N–H and O–H groups in total. The van der Waals surface area contributed by atoms with Crippen LogP contribution in [-0.2, 0) is 4.79 Å². The highest BCUT2D eigenvalue weighted by molar-refractivity contribution is 6.01. The molecule has 2 heterocycles. The predicted octanol–water partition coefficient (Wildman–Crippen LogP) is 1.96. The number of aromatic nitrogens is 2. The first-order chi connectivity index (χ1) is 13.9. The molecule has 1 atom stereocenters. The van der Waals surface area contributed by atoms with Crippen LogP contribution in [0.5, 0.6) is 5.75 Å². The van der Waals surface area contributed by atoms with Gasteiger partial charge in [0.15, 0.2) is 6.40 Å². The first kappa shape index (κ1) is 19.8. The minimum atomic E-state index is -1.01. The lowest BCUT2D eigenvalue weighted by molar-refractivity contribution is -0.123. The highest BCUT2D eigenvalue weighted by Crippen LogP contribution is 2.36. The van der Waals surface area contributed by atoms with Gasteiger partial charge >= 0.3 is 0 Å². The summed E-state index contributed by atoms with van der Waals surface area (Å²) in [5, 5.41) is 19.5. The first-order valence-corrected chi connectivity index (χ1v) is 8.87. The van der Waals surface area contributed by atoms with E-state index in [-0.39, 0.29) is 23.2 Å². The molecule has 3 rings (SSSR count). The van der Waals surface area contributed by atoms with E-state index in [4.69, 9.17) is 15.9 Å². The van der Waals surface area contributed by atoms with Crippen LogP contribution in [0.3, 0.4) is 0 Å². The number of nitrogens with one attached hydrogen (secondary N) is 2. The fraction of sp³-hybridized carbons (Fsp3) is 0.263. The number of hydrogen-bond acceptors (Lipinski definition) is 8. The Labute approximate surface area is 166 Å². The number of nitrogens with zero attached hydrogens (tertiary/aromatic N) is 4. The van der Waals surface area contributed by atoms with Crippen LogP contribution in [0.25, 0.3) is 0 Å². The Morgan fingerprint density at radius 2 is 2.31 bits per heavy atom. The molecule has 0 radical (unpaired) electrons. The number of anilines is 3. The molecule has 1 aliphatic heterocycles. The number of carbonyl (C=O) groups is 2. The van der Waals surface area contributed by atoms with E-state index in [1.54, 1.807) is 12.1 Å². The molecule has 0 aliphatic carbocycles. The molecule has 2 aromatic rings. The molecule has 0 unspecified atom stereocenters. The standard InChI is InChI=1S/C19H19N7O3/c1-2-19(10-20)6-8-26(17(19)28)15-5-7-23-18(25-15)24-12-3-4-13(16(22)27)14(9-12)29-11-21/h3-5,7,9,11,21H,2,6,8H2,1H3,(H2,22,27)(H,23,24,25)/t19-/m1/s1. The Morgan fingerprint density at radius 1 is 1.52 bits per heavy atom. The van der Waals surface area contributed by atoms with E-state index in [1.165, 1.54) is 23.2 Å². The van der Waals surface area contributed by atoms with Crippen LogP contribution in [0, 0.1) is 22.2 Å². The summed E-state index contributed by atoms with van der Waals surface area (Å²) >= 11 is 0. The summed E-state index contributed by atoms with van der Waals surface area (Å²) in [5.41, 5.74) is 4.91. The molecule has 29 heavy (non-hydrogen) atoms. The Kier molecular flexibility index (Phi) is 5.40. The number of rotatable bonds is 7. The van der Waals surface area contributed by atoms with Crippen LogP contribution in [0.4, 0.5) is 17.5 Å². The lowest BCUT2D eigenvalue weighted by Gasteiger charge is -2.19. The zero-order valence-corrected chi connectivity index (χ0v) is 15.7. The van der Waals surface area contributed by atoms with Gasteiger partial charge in [0.25, 0.3) is 5.91 Å². The summed E-state index contributed by atoms with van der Waals surface area (Å²) in [7, 11) is 0. The number of primary amides is 1. The van der Waals surface area contributed by atoms with Gasteiger partial charge in [-0.25, -0.2) is 4.98 Å². The Morgan fingerprint density at radius 3 is 2.93 bits per heavy atom. The van der Waals surface area contributed by atoms with Gasteiger partial charge in [-0.2, -0.15) is 10.2 Å². The Bertz CT molecular complexity index is 1020. The van der Waals surface area contributed by atoms with Gasteiger partial charge in [-0.1, -0.05) is 6.92 Å². The first-order valence-electron chi connectivity index (χ1n) is 8.87. The summed E-state index contributed by atoms with van der Waals surface area (Å²) < 4.78 is 5.02. The van der Waals surface area contributed by atoms with Crippen molar-refractivity contribution in [3.8, 4) is 11.8 Å². The van der Waals surface area contributed by atoms with Crippen molar-refractivity contribution in [3.63, 3.8) is 0 Å². The van der Waals surface area contributed by atoms with Crippen molar-refractivity contribution in [2.45, 2.75) is 19.8 Å². The van der Waals surface area contributed by atoms with Crippen LogP contribution in [-0.4, -0.2) is 34.7 Å². The third kappa shape index (κ3) is 3.70. The van der Waals surface area contributed by atoms with Crippen LogP contribution in [0.15, 0.2) is 30.5 Å².